The van der Waals surface area contributed by atoms with Crippen molar-refractivity contribution in [3.63, 3.8) is 0 Å². The van der Waals surface area contributed by atoms with E-state index in [1.54, 1.807) is 0 Å². The molecular weight excluding hydrogens is 249 g/mol. The number of carbonyl (C=O) groups excluding carboxylic acids is 1. The summed E-state index contributed by atoms with van der Waals surface area (Å²) in [6, 6.07) is 0. The van der Waals surface area contributed by atoms with Crippen LogP contribution in [0.5, 0.6) is 0 Å². The maximum atomic E-state index is 12.3. The molecule has 0 rings (SSSR count). The Bertz CT molecular complexity index is 249. The molecular formula is C9H14F5NO2. The smallest absolute Gasteiger partial charge is 0.401 e. The SMILES string of the molecule is CCN(CC(=O)OCC(C)(F)F)CC(F)(F)F. The van der Waals surface area contributed by atoms with Crippen molar-refractivity contribution in [2.75, 3.05) is 26.2 Å². The van der Waals surface area contributed by atoms with Crippen LogP contribution in [0.25, 0.3) is 0 Å². The van der Waals surface area contributed by atoms with Crippen LogP contribution in [0.4, 0.5) is 22.0 Å². The summed E-state index contributed by atoms with van der Waals surface area (Å²) in [4.78, 5) is 11.7. The molecule has 0 aromatic rings. The largest absolute Gasteiger partial charge is 0.458 e. The molecule has 0 heterocycles. The third kappa shape index (κ3) is 9.98. The van der Waals surface area contributed by atoms with Crippen LogP contribution in [0.1, 0.15) is 13.8 Å². The predicted octanol–water partition coefficient (Wildman–Crippen LogP) is 2.07. The highest BCUT2D eigenvalue weighted by atomic mass is 19.4. The van der Waals surface area contributed by atoms with Crippen LogP contribution >= 0.6 is 0 Å². The fourth-order valence-electron chi connectivity index (χ4n) is 0.968. The summed E-state index contributed by atoms with van der Waals surface area (Å²) in [7, 11) is 0. The molecule has 0 atom stereocenters. The molecule has 3 nitrogen and oxygen atoms in total. The summed E-state index contributed by atoms with van der Waals surface area (Å²) >= 11 is 0. The molecule has 0 aliphatic carbocycles. The van der Waals surface area contributed by atoms with Crippen LogP contribution in [0.3, 0.4) is 0 Å². The molecule has 0 spiro atoms. The number of hydrogen-bond donors (Lipinski definition) is 0. The minimum Gasteiger partial charge on any atom is -0.458 e. The first-order valence-corrected chi connectivity index (χ1v) is 4.86. The van der Waals surface area contributed by atoms with E-state index in [0.29, 0.717) is 6.92 Å². The average Bonchev–Trinajstić information content (AvgIpc) is 2.10. The molecule has 0 aromatic heterocycles. The number of likely N-dealkylation sites (N-methyl/N-ethyl adjacent to an activating group) is 1. The summed E-state index contributed by atoms with van der Waals surface area (Å²) in [6.07, 6.45) is -4.44. The van der Waals surface area contributed by atoms with E-state index >= 15 is 0 Å². The molecule has 8 heteroatoms. The van der Waals surface area contributed by atoms with Gasteiger partial charge in [-0.1, -0.05) is 6.92 Å². The number of hydrogen-bond acceptors (Lipinski definition) is 3. The van der Waals surface area contributed by atoms with Crippen molar-refractivity contribution in [2.24, 2.45) is 0 Å². The molecule has 0 fully saturated rings. The molecule has 17 heavy (non-hydrogen) atoms. The van der Waals surface area contributed by atoms with Gasteiger partial charge in [-0.2, -0.15) is 13.2 Å². The fraction of sp³-hybridized carbons (Fsp3) is 0.889. The molecule has 0 aromatic carbocycles. The van der Waals surface area contributed by atoms with Gasteiger partial charge in [0.1, 0.15) is 0 Å². The standard InChI is InChI=1S/C9H14F5NO2/c1-3-15(5-9(12,13)14)4-7(16)17-6-8(2,10)11/h3-6H2,1-2H3. The van der Waals surface area contributed by atoms with E-state index in [1.165, 1.54) is 6.92 Å². The Hall–Kier alpha value is -0.920. The minimum absolute atomic E-state index is 0.0306. The second-order valence-electron chi connectivity index (χ2n) is 3.65. The first-order chi connectivity index (χ1) is 7.53. The van der Waals surface area contributed by atoms with Gasteiger partial charge in [0.05, 0.1) is 13.1 Å². The lowest BCUT2D eigenvalue weighted by molar-refractivity contribution is -0.162. The number of ether oxygens (including phenoxy) is 1. The Morgan fingerprint density at radius 2 is 1.76 bits per heavy atom. The molecule has 0 bridgehead atoms. The third-order valence-electron chi connectivity index (χ3n) is 1.69. The van der Waals surface area contributed by atoms with Crippen LogP contribution in [0.15, 0.2) is 0 Å². The number of carbonyl (C=O) groups is 1. The normalized spacial score (nSPS) is 12.9. The molecule has 0 saturated carbocycles. The van der Waals surface area contributed by atoms with Crippen molar-refractivity contribution in [1.29, 1.82) is 0 Å². The first kappa shape index (κ1) is 16.1. The summed E-state index contributed by atoms with van der Waals surface area (Å²) in [5.41, 5.74) is 0. The molecule has 0 unspecified atom stereocenters. The second kappa shape index (κ2) is 6.13. The summed E-state index contributed by atoms with van der Waals surface area (Å²) in [5, 5.41) is 0. The number of rotatable bonds is 6. The van der Waals surface area contributed by atoms with E-state index in [2.05, 4.69) is 4.74 Å². The van der Waals surface area contributed by atoms with Crippen molar-refractivity contribution in [3.05, 3.63) is 0 Å². The zero-order valence-electron chi connectivity index (χ0n) is 9.48. The van der Waals surface area contributed by atoms with Gasteiger partial charge in [0.15, 0.2) is 6.61 Å². The molecule has 102 valence electrons. The van der Waals surface area contributed by atoms with E-state index in [0.717, 1.165) is 4.90 Å². The van der Waals surface area contributed by atoms with Crippen LogP contribution < -0.4 is 0 Å². The second-order valence-corrected chi connectivity index (χ2v) is 3.65. The van der Waals surface area contributed by atoms with E-state index in [4.69, 9.17) is 0 Å². The highest BCUT2D eigenvalue weighted by Gasteiger charge is 2.31. The van der Waals surface area contributed by atoms with Gasteiger partial charge in [0, 0.05) is 6.92 Å². The number of halogens is 5. The van der Waals surface area contributed by atoms with Gasteiger partial charge < -0.3 is 4.74 Å². The summed E-state index contributed by atoms with van der Waals surface area (Å²) in [5.74, 6) is -4.28. The lowest BCUT2D eigenvalue weighted by atomic mass is 10.4. The van der Waals surface area contributed by atoms with Crippen molar-refractivity contribution in [3.8, 4) is 0 Å². The van der Waals surface area contributed by atoms with Gasteiger partial charge >= 0.3 is 12.1 Å². The maximum Gasteiger partial charge on any atom is 0.401 e. The lowest BCUT2D eigenvalue weighted by Crippen LogP contribution is -2.39. The van der Waals surface area contributed by atoms with Gasteiger partial charge in [0.25, 0.3) is 5.92 Å². The first-order valence-electron chi connectivity index (χ1n) is 4.86. The van der Waals surface area contributed by atoms with Crippen LogP contribution in [-0.2, 0) is 9.53 Å². The predicted molar refractivity (Wildman–Crippen MR) is 49.7 cm³/mol. The zero-order valence-corrected chi connectivity index (χ0v) is 9.48. The van der Waals surface area contributed by atoms with E-state index in [1.807, 2.05) is 0 Å². The Labute approximate surface area is 95.5 Å². The highest BCUT2D eigenvalue weighted by molar-refractivity contribution is 5.71. The molecule has 0 aliphatic rings. The Morgan fingerprint density at radius 1 is 1.24 bits per heavy atom. The van der Waals surface area contributed by atoms with Crippen LogP contribution in [0.2, 0.25) is 0 Å². The molecule has 0 amide bonds. The van der Waals surface area contributed by atoms with Crippen LogP contribution in [0, 0.1) is 0 Å². The fourth-order valence-corrected chi connectivity index (χ4v) is 0.968. The number of nitrogens with zero attached hydrogens (tertiary/aromatic N) is 1. The number of alkyl halides is 5. The van der Waals surface area contributed by atoms with Gasteiger partial charge in [-0.05, 0) is 6.54 Å². The molecule has 0 saturated heterocycles. The topological polar surface area (TPSA) is 29.5 Å². The molecule has 0 aliphatic heterocycles. The van der Waals surface area contributed by atoms with Crippen molar-refractivity contribution >= 4 is 5.97 Å². The summed E-state index contributed by atoms with van der Waals surface area (Å²) < 4.78 is 64.8. The van der Waals surface area contributed by atoms with Crippen molar-refractivity contribution in [2.45, 2.75) is 25.9 Å². The quantitative estimate of drug-likeness (QED) is 0.542. The Kier molecular flexibility index (Phi) is 5.80. The minimum atomic E-state index is -4.44. The van der Waals surface area contributed by atoms with Gasteiger partial charge in [0.2, 0.25) is 0 Å². The Balaban J connectivity index is 4.08. The van der Waals surface area contributed by atoms with Gasteiger partial charge in [-0.25, -0.2) is 8.78 Å². The van der Waals surface area contributed by atoms with E-state index < -0.39 is 37.8 Å². The summed E-state index contributed by atoms with van der Waals surface area (Å²) in [6.45, 7) is -1.12. The van der Waals surface area contributed by atoms with Crippen LogP contribution in [-0.4, -0.2) is 49.2 Å². The maximum absolute atomic E-state index is 12.3. The van der Waals surface area contributed by atoms with Gasteiger partial charge in [-0.3, -0.25) is 9.69 Å². The van der Waals surface area contributed by atoms with Crippen molar-refractivity contribution < 1.29 is 31.5 Å². The highest BCUT2D eigenvalue weighted by Crippen LogP contribution is 2.16. The molecule has 0 N–H and O–H groups in total. The van der Waals surface area contributed by atoms with Gasteiger partial charge in [-0.15, -0.1) is 0 Å². The number of esters is 1. The Morgan fingerprint density at radius 3 is 2.12 bits per heavy atom. The average molecular weight is 263 g/mol. The van der Waals surface area contributed by atoms with E-state index in [-0.39, 0.29) is 6.54 Å². The zero-order chi connectivity index (χ0) is 13.7. The van der Waals surface area contributed by atoms with Crippen molar-refractivity contribution in [1.82, 2.24) is 4.90 Å². The third-order valence-corrected chi connectivity index (χ3v) is 1.69. The lowest BCUT2D eigenvalue weighted by Gasteiger charge is -2.21. The molecule has 0 radical (unpaired) electrons. The monoisotopic (exact) mass is 263 g/mol. The van der Waals surface area contributed by atoms with E-state index in [9.17, 15) is 26.7 Å².